The van der Waals surface area contributed by atoms with Gasteiger partial charge in [0.25, 0.3) is 5.91 Å². The van der Waals surface area contributed by atoms with E-state index in [2.05, 4.69) is 35.9 Å². The molecule has 4 nitrogen and oxygen atoms in total. The highest BCUT2D eigenvalue weighted by molar-refractivity contribution is 7.12. The molecule has 4 heterocycles. The van der Waals surface area contributed by atoms with E-state index < -0.39 is 0 Å². The Morgan fingerprint density at radius 3 is 2.68 bits per heavy atom. The molecule has 0 aliphatic carbocycles. The zero-order valence-electron chi connectivity index (χ0n) is 14.5. The first-order valence-electron chi connectivity index (χ1n) is 9.01. The standard InChI is InChI=1S/C19H23N3OS2/c1-14-6-8-21(9-7-14)13-19(23)22-16(18-5-3-11-25-18)12-15(20-22)17-4-2-10-24-17/h2-5,10-11,14,16H,6-9,12-13H2,1H3/p+1/t16-/m1/s1. The van der Waals surface area contributed by atoms with Crippen LogP contribution in [0.1, 0.15) is 42.0 Å². The van der Waals surface area contributed by atoms with Crippen molar-refractivity contribution in [2.45, 2.75) is 32.2 Å². The van der Waals surface area contributed by atoms with Crippen molar-refractivity contribution in [1.29, 1.82) is 0 Å². The van der Waals surface area contributed by atoms with Crippen LogP contribution in [0.25, 0.3) is 0 Å². The number of hydrogen-bond donors (Lipinski definition) is 1. The molecule has 0 spiro atoms. The summed E-state index contributed by atoms with van der Waals surface area (Å²) >= 11 is 3.41. The van der Waals surface area contributed by atoms with Gasteiger partial charge in [-0.15, -0.1) is 22.7 Å². The zero-order chi connectivity index (χ0) is 17.2. The van der Waals surface area contributed by atoms with Gasteiger partial charge in [-0.25, -0.2) is 5.01 Å². The molecule has 0 saturated carbocycles. The Hall–Kier alpha value is -1.50. The van der Waals surface area contributed by atoms with Crippen LogP contribution in [0.2, 0.25) is 0 Å². The average Bonchev–Trinajstić information content (AvgIpc) is 3.36. The van der Waals surface area contributed by atoms with Crippen LogP contribution in [0.4, 0.5) is 0 Å². The smallest absolute Gasteiger partial charge is 0.298 e. The third kappa shape index (κ3) is 3.71. The van der Waals surface area contributed by atoms with Gasteiger partial charge in [0.1, 0.15) is 0 Å². The Bertz CT molecular complexity index is 731. The Kier molecular flexibility index (Phi) is 5.01. The minimum atomic E-state index is 0.0627. The molecular formula is C19H24N3OS2+. The molecule has 0 aromatic carbocycles. The lowest BCUT2D eigenvalue weighted by Crippen LogP contribution is -3.14. The molecule has 0 radical (unpaired) electrons. The number of piperidine rings is 1. The molecule has 2 aliphatic heterocycles. The van der Waals surface area contributed by atoms with E-state index in [1.807, 2.05) is 6.07 Å². The first-order valence-corrected chi connectivity index (χ1v) is 10.8. The topological polar surface area (TPSA) is 37.1 Å². The Balaban J connectivity index is 1.52. The van der Waals surface area contributed by atoms with E-state index in [1.54, 1.807) is 27.7 Å². The van der Waals surface area contributed by atoms with Gasteiger partial charge in [0.15, 0.2) is 6.54 Å². The first kappa shape index (κ1) is 16.9. The molecule has 4 rings (SSSR count). The highest BCUT2D eigenvalue weighted by atomic mass is 32.1. The van der Waals surface area contributed by atoms with Crippen LogP contribution < -0.4 is 4.90 Å². The van der Waals surface area contributed by atoms with Crippen LogP contribution >= 0.6 is 22.7 Å². The summed E-state index contributed by atoms with van der Waals surface area (Å²) in [5.41, 5.74) is 1.05. The van der Waals surface area contributed by atoms with E-state index in [1.165, 1.54) is 27.5 Å². The summed E-state index contributed by atoms with van der Waals surface area (Å²) in [5, 5.41) is 10.7. The van der Waals surface area contributed by atoms with E-state index >= 15 is 0 Å². The second kappa shape index (κ2) is 7.40. The van der Waals surface area contributed by atoms with Crippen molar-refractivity contribution in [3.8, 4) is 0 Å². The minimum Gasteiger partial charge on any atom is -0.327 e. The van der Waals surface area contributed by atoms with Crippen molar-refractivity contribution in [3.63, 3.8) is 0 Å². The lowest BCUT2D eigenvalue weighted by molar-refractivity contribution is -0.898. The van der Waals surface area contributed by atoms with Gasteiger partial charge in [0.05, 0.1) is 29.7 Å². The molecule has 1 N–H and O–H groups in total. The van der Waals surface area contributed by atoms with Crippen LogP contribution in [0.15, 0.2) is 40.1 Å². The zero-order valence-corrected chi connectivity index (χ0v) is 16.1. The van der Waals surface area contributed by atoms with E-state index in [4.69, 9.17) is 5.10 Å². The monoisotopic (exact) mass is 374 g/mol. The van der Waals surface area contributed by atoms with Gasteiger partial charge in [-0.2, -0.15) is 5.10 Å². The van der Waals surface area contributed by atoms with Gasteiger partial charge < -0.3 is 4.90 Å². The molecule has 2 aromatic heterocycles. The number of thiophene rings is 2. The lowest BCUT2D eigenvalue weighted by atomic mass is 9.99. The molecule has 1 amide bonds. The lowest BCUT2D eigenvalue weighted by Gasteiger charge is -2.28. The summed E-state index contributed by atoms with van der Waals surface area (Å²) in [6, 6.07) is 8.39. The molecule has 6 heteroatoms. The van der Waals surface area contributed by atoms with Crippen LogP contribution in [0, 0.1) is 5.92 Å². The Morgan fingerprint density at radius 1 is 1.24 bits per heavy atom. The van der Waals surface area contributed by atoms with Crippen LogP contribution in [0.3, 0.4) is 0 Å². The predicted octanol–water partition coefficient (Wildman–Crippen LogP) is 2.80. The van der Waals surface area contributed by atoms with Gasteiger partial charge >= 0.3 is 0 Å². The quantitative estimate of drug-likeness (QED) is 0.878. The van der Waals surface area contributed by atoms with Crippen LogP contribution in [0.5, 0.6) is 0 Å². The third-order valence-electron chi connectivity index (χ3n) is 5.23. The number of carbonyl (C=O) groups is 1. The normalized spacial score (nSPS) is 26.7. The highest BCUT2D eigenvalue weighted by Crippen LogP contribution is 2.35. The second-order valence-electron chi connectivity index (χ2n) is 7.11. The summed E-state index contributed by atoms with van der Waals surface area (Å²) < 4.78 is 0. The SMILES string of the molecule is CC1CC[NH+](CC(=O)N2N=C(c3cccs3)C[C@@H]2c2cccs2)CC1. The fourth-order valence-electron chi connectivity index (χ4n) is 3.68. The van der Waals surface area contributed by atoms with Crippen LogP contribution in [-0.4, -0.2) is 36.3 Å². The van der Waals surface area contributed by atoms with Crippen molar-refractivity contribution in [2.75, 3.05) is 19.6 Å². The molecule has 0 bridgehead atoms. The molecule has 1 fully saturated rings. The summed E-state index contributed by atoms with van der Waals surface area (Å²) in [4.78, 5) is 16.8. The van der Waals surface area contributed by atoms with Gasteiger partial charge in [-0.05, 0) is 41.7 Å². The number of hydrogen-bond acceptors (Lipinski definition) is 4. The molecular weight excluding hydrogens is 350 g/mol. The summed E-state index contributed by atoms with van der Waals surface area (Å²) in [7, 11) is 0. The number of hydrazone groups is 1. The fraction of sp³-hybridized carbons (Fsp3) is 0.474. The second-order valence-corrected chi connectivity index (χ2v) is 9.03. The summed E-state index contributed by atoms with van der Waals surface area (Å²) in [6.07, 6.45) is 3.26. The molecule has 1 saturated heterocycles. The number of likely N-dealkylation sites (tertiary alicyclic amines) is 1. The number of quaternary nitrogens is 1. The van der Waals surface area contributed by atoms with Crippen molar-refractivity contribution >= 4 is 34.3 Å². The number of rotatable bonds is 4. The number of nitrogens with one attached hydrogen (secondary N) is 1. The van der Waals surface area contributed by atoms with E-state index in [0.29, 0.717) is 6.54 Å². The summed E-state index contributed by atoms with van der Waals surface area (Å²) in [6.45, 7) is 5.08. The molecule has 132 valence electrons. The minimum absolute atomic E-state index is 0.0627. The maximum absolute atomic E-state index is 13.0. The van der Waals surface area contributed by atoms with Crippen molar-refractivity contribution < 1.29 is 9.69 Å². The van der Waals surface area contributed by atoms with E-state index in [0.717, 1.165) is 31.1 Å². The third-order valence-corrected chi connectivity index (χ3v) is 7.12. The number of nitrogens with zero attached hydrogens (tertiary/aromatic N) is 2. The maximum atomic E-state index is 13.0. The fourth-order valence-corrected chi connectivity index (χ4v) is 5.21. The molecule has 1 atom stereocenters. The molecule has 2 aliphatic rings. The van der Waals surface area contributed by atoms with E-state index in [-0.39, 0.29) is 11.9 Å². The number of amides is 1. The summed E-state index contributed by atoms with van der Waals surface area (Å²) in [5.74, 6) is 0.961. The highest BCUT2D eigenvalue weighted by Gasteiger charge is 2.36. The molecule has 25 heavy (non-hydrogen) atoms. The first-order chi connectivity index (χ1) is 12.2. The Labute approximate surface area is 156 Å². The van der Waals surface area contributed by atoms with Crippen molar-refractivity contribution in [2.24, 2.45) is 11.0 Å². The van der Waals surface area contributed by atoms with Crippen molar-refractivity contribution in [1.82, 2.24) is 5.01 Å². The van der Waals surface area contributed by atoms with Crippen LogP contribution in [-0.2, 0) is 4.79 Å². The predicted molar refractivity (Wildman–Crippen MR) is 103 cm³/mol. The van der Waals surface area contributed by atoms with Gasteiger partial charge in [-0.1, -0.05) is 19.1 Å². The van der Waals surface area contributed by atoms with Gasteiger partial charge in [0, 0.05) is 11.3 Å². The van der Waals surface area contributed by atoms with Crippen molar-refractivity contribution in [3.05, 3.63) is 44.8 Å². The molecule has 2 aromatic rings. The van der Waals surface area contributed by atoms with Gasteiger partial charge in [0.2, 0.25) is 0 Å². The number of carbonyl (C=O) groups excluding carboxylic acids is 1. The molecule has 0 unspecified atom stereocenters. The average molecular weight is 375 g/mol. The maximum Gasteiger partial charge on any atom is 0.298 e. The van der Waals surface area contributed by atoms with Gasteiger partial charge in [-0.3, -0.25) is 4.79 Å². The van der Waals surface area contributed by atoms with E-state index in [9.17, 15) is 4.79 Å². The largest absolute Gasteiger partial charge is 0.327 e. The Morgan fingerprint density at radius 2 is 2.00 bits per heavy atom.